The highest BCUT2D eigenvalue weighted by Crippen LogP contribution is 2.24. The normalized spacial score (nSPS) is 10.6. The molecule has 0 saturated carbocycles. The number of rotatable bonds is 6. The first kappa shape index (κ1) is 11.9. The number of ether oxygens (including phenoxy) is 2. The number of hydrogen-bond donors (Lipinski definition) is 1. The van der Waals surface area contributed by atoms with Gasteiger partial charge in [-0.1, -0.05) is 30.3 Å². The summed E-state index contributed by atoms with van der Waals surface area (Å²) in [7, 11) is 0. The van der Waals surface area contributed by atoms with Crippen LogP contribution in [0.25, 0.3) is 10.8 Å². The van der Waals surface area contributed by atoms with E-state index in [1.165, 1.54) is 0 Å². The van der Waals surface area contributed by atoms with Crippen molar-refractivity contribution in [3.63, 3.8) is 0 Å². The fraction of sp³-hybridized carbons (Fsp3) is 0.286. The van der Waals surface area contributed by atoms with Gasteiger partial charge in [0, 0.05) is 5.39 Å². The summed E-state index contributed by atoms with van der Waals surface area (Å²) in [4.78, 5) is 0. The Morgan fingerprint density at radius 1 is 1.06 bits per heavy atom. The minimum atomic E-state index is 0.0449. The Hall–Kier alpha value is -1.58. The van der Waals surface area contributed by atoms with Crippen LogP contribution in [0.15, 0.2) is 36.4 Å². The average molecular weight is 231 g/mol. The standard InChI is InChI=1S/C14H15O3/c15-8-9-16-10-11-17-14-7-3-5-12-4-1-2-6-13(12)14/h1-3,5-7,15H,8-11H2. The molecular weight excluding hydrogens is 216 g/mol. The zero-order valence-electron chi connectivity index (χ0n) is 9.56. The van der Waals surface area contributed by atoms with Crippen LogP contribution in [0.4, 0.5) is 0 Å². The van der Waals surface area contributed by atoms with Gasteiger partial charge in [-0.25, -0.2) is 0 Å². The zero-order chi connectivity index (χ0) is 11.9. The molecule has 1 N–H and O–H groups in total. The van der Waals surface area contributed by atoms with Crippen molar-refractivity contribution in [2.75, 3.05) is 26.4 Å². The van der Waals surface area contributed by atoms with Gasteiger partial charge in [0.05, 0.1) is 19.8 Å². The third-order valence-corrected chi connectivity index (χ3v) is 2.38. The lowest BCUT2D eigenvalue weighted by molar-refractivity contribution is 0.0708. The Kier molecular flexibility index (Phi) is 4.36. The lowest BCUT2D eigenvalue weighted by Gasteiger charge is -2.09. The van der Waals surface area contributed by atoms with E-state index >= 15 is 0 Å². The van der Waals surface area contributed by atoms with E-state index in [1.54, 1.807) is 0 Å². The highest BCUT2D eigenvalue weighted by Gasteiger charge is 2.00. The van der Waals surface area contributed by atoms with Crippen LogP contribution in [-0.4, -0.2) is 31.5 Å². The maximum Gasteiger partial charge on any atom is 0.127 e. The topological polar surface area (TPSA) is 38.7 Å². The summed E-state index contributed by atoms with van der Waals surface area (Å²) in [6.45, 7) is 1.36. The first-order valence-corrected chi connectivity index (χ1v) is 5.62. The summed E-state index contributed by atoms with van der Waals surface area (Å²) in [5.74, 6) is 0.840. The summed E-state index contributed by atoms with van der Waals surface area (Å²) in [5, 5.41) is 10.6. The SMILES string of the molecule is OCCOCCOc1cccc2[c]cccc12. The molecule has 0 unspecified atom stereocenters. The molecule has 1 radical (unpaired) electrons. The van der Waals surface area contributed by atoms with Crippen molar-refractivity contribution in [2.24, 2.45) is 0 Å². The fourth-order valence-electron chi connectivity index (χ4n) is 1.63. The quantitative estimate of drug-likeness (QED) is 0.773. The molecule has 0 spiro atoms. The van der Waals surface area contributed by atoms with E-state index in [9.17, 15) is 0 Å². The maximum absolute atomic E-state index is 8.55. The van der Waals surface area contributed by atoms with Gasteiger partial charge in [-0.2, -0.15) is 0 Å². The van der Waals surface area contributed by atoms with Crippen LogP contribution in [0, 0.1) is 6.07 Å². The molecule has 0 saturated heterocycles. The van der Waals surface area contributed by atoms with Crippen molar-refractivity contribution >= 4 is 10.8 Å². The van der Waals surface area contributed by atoms with Crippen LogP contribution in [-0.2, 0) is 4.74 Å². The molecule has 0 fully saturated rings. The monoisotopic (exact) mass is 231 g/mol. The van der Waals surface area contributed by atoms with Crippen molar-refractivity contribution in [3.05, 3.63) is 42.5 Å². The van der Waals surface area contributed by atoms with E-state index in [0.717, 1.165) is 16.5 Å². The second-order valence-corrected chi connectivity index (χ2v) is 3.57. The molecule has 0 aliphatic carbocycles. The maximum atomic E-state index is 8.55. The molecule has 2 aromatic carbocycles. The third kappa shape index (κ3) is 3.19. The van der Waals surface area contributed by atoms with Crippen LogP contribution in [0.2, 0.25) is 0 Å². The molecule has 0 heterocycles. The van der Waals surface area contributed by atoms with E-state index in [1.807, 2.05) is 36.4 Å². The van der Waals surface area contributed by atoms with Crippen molar-refractivity contribution in [1.29, 1.82) is 0 Å². The van der Waals surface area contributed by atoms with Gasteiger partial charge in [0.2, 0.25) is 0 Å². The summed E-state index contributed by atoms with van der Waals surface area (Å²) in [6, 6.07) is 14.9. The summed E-state index contributed by atoms with van der Waals surface area (Å²) < 4.78 is 10.8. The summed E-state index contributed by atoms with van der Waals surface area (Å²) in [5.41, 5.74) is 0. The summed E-state index contributed by atoms with van der Waals surface area (Å²) >= 11 is 0. The van der Waals surface area contributed by atoms with Gasteiger partial charge in [-0.15, -0.1) is 0 Å². The zero-order valence-corrected chi connectivity index (χ0v) is 9.56. The Morgan fingerprint density at radius 3 is 2.88 bits per heavy atom. The third-order valence-electron chi connectivity index (χ3n) is 2.38. The Balaban J connectivity index is 1.98. The van der Waals surface area contributed by atoms with Crippen LogP contribution >= 0.6 is 0 Å². The first-order chi connectivity index (χ1) is 8.42. The van der Waals surface area contributed by atoms with E-state index in [4.69, 9.17) is 14.6 Å². The molecule has 2 rings (SSSR count). The lowest BCUT2D eigenvalue weighted by Crippen LogP contribution is -2.09. The van der Waals surface area contributed by atoms with Gasteiger partial charge < -0.3 is 14.6 Å². The van der Waals surface area contributed by atoms with Crippen molar-refractivity contribution in [1.82, 2.24) is 0 Å². The van der Waals surface area contributed by atoms with Crippen LogP contribution in [0.5, 0.6) is 5.75 Å². The molecule has 3 nitrogen and oxygen atoms in total. The van der Waals surface area contributed by atoms with Crippen molar-refractivity contribution < 1.29 is 14.6 Å². The van der Waals surface area contributed by atoms with Crippen LogP contribution in [0.3, 0.4) is 0 Å². The van der Waals surface area contributed by atoms with Crippen LogP contribution in [0.1, 0.15) is 0 Å². The van der Waals surface area contributed by atoms with Crippen LogP contribution < -0.4 is 4.74 Å². The Bertz CT molecular complexity index is 462. The predicted octanol–water partition coefficient (Wildman–Crippen LogP) is 2.03. The van der Waals surface area contributed by atoms with Crippen molar-refractivity contribution in [3.8, 4) is 5.75 Å². The number of hydrogen-bond acceptors (Lipinski definition) is 3. The van der Waals surface area contributed by atoms with E-state index in [2.05, 4.69) is 6.07 Å². The fourth-order valence-corrected chi connectivity index (χ4v) is 1.63. The minimum absolute atomic E-state index is 0.0449. The van der Waals surface area contributed by atoms with Gasteiger partial charge in [0.25, 0.3) is 0 Å². The number of aliphatic hydroxyl groups is 1. The predicted molar refractivity (Wildman–Crippen MR) is 66.2 cm³/mol. The smallest absolute Gasteiger partial charge is 0.127 e. The molecule has 0 amide bonds. The molecular formula is C14H15O3. The van der Waals surface area contributed by atoms with Gasteiger partial charge in [-0.05, 0) is 17.5 Å². The van der Waals surface area contributed by atoms with Crippen molar-refractivity contribution in [2.45, 2.75) is 0 Å². The Labute approximate surface area is 101 Å². The molecule has 17 heavy (non-hydrogen) atoms. The molecule has 0 aliphatic rings. The van der Waals surface area contributed by atoms with Gasteiger partial charge in [-0.3, -0.25) is 0 Å². The highest BCUT2D eigenvalue weighted by molar-refractivity contribution is 5.87. The minimum Gasteiger partial charge on any atom is -0.491 e. The number of fused-ring (bicyclic) bond motifs is 1. The second-order valence-electron chi connectivity index (χ2n) is 3.57. The van der Waals surface area contributed by atoms with E-state index in [0.29, 0.717) is 19.8 Å². The number of benzene rings is 2. The summed E-state index contributed by atoms with van der Waals surface area (Å²) in [6.07, 6.45) is 0. The molecule has 89 valence electrons. The Morgan fingerprint density at radius 2 is 2.00 bits per heavy atom. The average Bonchev–Trinajstić information content (AvgIpc) is 2.39. The van der Waals surface area contributed by atoms with Gasteiger partial charge >= 0.3 is 0 Å². The highest BCUT2D eigenvalue weighted by atomic mass is 16.5. The molecule has 0 bridgehead atoms. The second kappa shape index (κ2) is 6.23. The van der Waals surface area contributed by atoms with E-state index in [-0.39, 0.29) is 6.61 Å². The first-order valence-electron chi connectivity index (χ1n) is 5.62. The molecule has 0 aliphatic heterocycles. The van der Waals surface area contributed by atoms with Gasteiger partial charge in [0.15, 0.2) is 0 Å². The van der Waals surface area contributed by atoms with Gasteiger partial charge in [0.1, 0.15) is 12.4 Å². The lowest BCUT2D eigenvalue weighted by atomic mass is 10.1. The molecule has 0 atom stereocenters. The number of aliphatic hydroxyl groups excluding tert-OH is 1. The molecule has 0 aromatic heterocycles. The molecule has 2 aromatic rings. The largest absolute Gasteiger partial charge is 0.491 e. The molecule has 3 heteroatoms. The van der Waals surface area contributed by atoms with E-state index < -0.39 is 0 Å².